The largest absolute Gasteiger partial charge is 0.350 e. The minimum absolute atomic E-state index is 0.0436. The van der Waals surface area contributed by atoms with Crippen molar-refractivity contribution in [1.29, 1.82) is 0 Å². The van der Waals surface area contributed by atoms with Gasteiger partial charge in [-0.3, -0.25) is 9.48 Å². The summed E-state index contributed by atoms with van der Waals surface area (Å²) in [5.41, 5.74) is 2.95. The highest BCUT2D eigenvalue weighted by Crippen LogP contribution is 2.59. The van der Waals surface area contributed by atoms with E-state index in [1.54, 1.807) is 10.7 Å². The molecule has 4 aliphatic rings. The van der Waals surface area contributed by atoms with Gasteiger partial charge in [-0.1, -0.05) is 0 Å². The van der Waals surface area contributed by atoms with E-state index >= 15 is 0 Å². The molecule has 0 atom stereocenters. The van der Waals surface area contributed by atoms with Crippen molar-refractivity contribution >= 4 is 5.91 Å². The summed E-state index contributed by atoms with van der Waals surface area (Å²) in [4.78, 5) is 12.7. The van der Waals surface area contributed by atoms with Crippen molar-refractivity contribution in [3.63, 3.8) is 0 Å². The van der Waals surface area contributed by atoms with E-state index in [4.69, 9.17) is 0 Å². The van der Waals surface area contributed by atoms with Crippen molar-refractivity contribution in [3.05, 3.63) is 35.4 Å². The van der Waals surface area contributed by atoms with E-state index in [-0.39, 0.29) is 5.91 Å². The molecule has 0 radical (unpaired) electrons. The van der Waals surface area contributed by atoms with Crippen LogP contribution < -0.4 is 5.32 Å². The van der Waals surface area contributed by atoms with Gasteiger partial charge >= 0.3 is 0 Å². The van der Waals surface area contributed by atoms with Gasteiger partial charge in [0.1, 0.15) is 12.4 Å². The lowest BCUT2D eigenvalue weighted by molar-refractivity contribution is -0.0503. The molecule has 4 aliphatic carbocycles. The van der Waals surface area contributed by atoms with Gasteiger partial charge in [-0.05, 0) is 87.7 Å². The van der Waals surface area contributed by atoms with Gasteiger partial charge < -0.3 is 5.32 Å². The molecular formula is C21H29N5O. The van der Waals surface area contributed by atoms with Gasteiger partial charge in [-0.15, -0.1) is 0 Å². The first-order chi connectivity index (χ1) is 13.0. The minimum atomic E-state index is -0.0436. The second kappa shape index (κ2) is 6.21. The second-order valence-electron chi connectivity index (χ2n) is 9.41. The molecule has 6 heteroatoms. The predicted octanol–water partition coefficient (Wildman–Crippen LogP) is 3.15. The molecule has 0 aliphatic heterocycles. The first kappa shape index (κ1) is 17.0. The first-order valence-electron chi connectivity index (χ1n) is 10.3. The highest BCUT2D eigenvalue weighted by atomic mass is 16.1. The number of rotatable bonds is 5. The Morgan fingerprint density at radius 1 is 1.15 bits per heavy atom. The molecule has 1 N–H and O–H groups in total. The van der Waals surface area contributed by atoms with Crippen LogP contribution in [0.4, 0.5) is 0 Å². The standard InChI is InChI=1S/C21H29N5O/c1-14-5-15(2)26(23-14)13-25-4-3-19(24-25)20(27)22-12-21-9-16-6-17(10-21)8-18(7-16)11-21/h3-5,16-18H,6-13H2,1-2H3,(H,22,27). The number of amides is 1. The fourth-order valence-corrected chi connectivity index (χ4v) is 6.38. The molecular weight excluding hydrogens is 338 g/mol. The zero-order valence-corrected chi connectivity index (χ0v) is 16.3. The Balaban J connectivity index is 1.22. The van der Waals surface area contributed by atoms with Crippen molar-refractivity contribution in [3.8, 4) is 0 Å². The van der Waals surface area contributed by atoms with Crippen LogP contribution in [0.1, 0.15) is 60.4 Å². The Kier molecular flexibility index (Phi) is 3.92. The van der Waals surface area contributed by atoms with Gasteiger partial charge in [-0.25, -0.2) is 4.68 Å². The van der Waals surface area contributed by atoms with Crippen molar-refractivity contribution in [2.24, 2.45) is 23.2 Å². The summed E-state index contributed by atoms with van der Waals surface area (Å²) in [6.45, 7) is 5.36. The smallest absolute Gasteiger partial charge is 0.271 e. The van der Waals surface area contributed by atoms with E-state index in [2.05, 4.69) is 15.5 Å². The number of aromatic nitrogens is 4. The van der Waals surface area contributed by atoms with Crippen LogP contribution in [0.2, 0.25) is 0 Å². The Labute approximate surface area is 160 Å². The summed E-state index contributed by atoms with van der Waals surface area (Å²) in [5.74, 6) is 2.69. The molecule has 144 valence electrons. The minimum Gasteiger partial charge on any atom is -0.350 e. The quantitative estimate of drug-likeness (QED) is 0.883. The van der Waals surface area contributed by atoms with E-state index in [0.717, 1.165) is 35.7 Å². The summed E-state index contributed by atoms with van der Waals surface area (Å²) >= 11 is 0. The second-order valence-corrected chi connectivity index (χ2v) is 9.41. The zero-order chi connectivity index (χ0) is 18.6. The van der Waals surface area contributed by atoms with Crippen molar-refractivity contribution in [2.45, 2.75) is 59.0 Å². The third-order valence-corrected chi connectivity index (χ3v) is 7.04. The fourth-order valence-electron chi connectivity index (χ4n) is 6.38. The molecule has 6 rings (SSSR count). The highest BCUT2D eigenvalue weighted by molar-refractivity contribution is 5.92. The Hall–Kier alpha value is -2.11. The molecule has 2 aromatic heterocycles. The fraction of sp³-hybridized carbons (Fsp3) is 0.667. The monoisotopic (exact) mass is 367 g/mol. The van der Waals surface area contributed by atoms with E-state index in [0.29, 0.717) is 17.8 Å². The molecule has 27 heavy (non-hydrogen) atoms. The number of aryl methyl sites for hydroxylation is 2. The van der Waals surface area contributed by atoms with Crippen LogP contribution in [0.15, 0.2) is 18.3 Å². The first-order valence-corrected chi connectivity index (χ1v) is 10.3. The summed E-state index contributed by atoms with van der Waals surface area (Å²) in [6, 6.07) is 3.85. The van der Waals surface area contributed by atoms with E-state index in [1.807, 2.05) is 30.8 Å². The molecule has 0 saturated heterocycles. The van der Waals surface area contributed by atoms with Gasteiger partial charge in [0, 0.05) is 18.4 Å². The van der Waals surface area contributed by atoms with Crippen LogP contribution in [-0.2, 0) is 6.67 Å². The van der Waals surface area contributed by atoms with Crippen LogP contribution in [0.3, 0.4) is 0 Å². The third-order valence-electron chi connectivity index (χ3n) is 7.04. The van der Waals surface area contributed by atoms with Crippen molar-refractivity contribution in [2.75, 3.05) is 6.54 Å². The average Bonchev–Trinajstić information content (AvgIpc) is 3.18. The summed E-state index contributed by atoms with van der Waals surface area (Å²) in [6.07, 6.45) is 10.1. The number of hydrogen-bond acceptors (Lipinski definition) is 3. The van der Waals surface area contributed by atoms with Crippen molar-refractivity contribution < 1.29 is 4.79 Å². The zero-order valence-electron chi connectivity index (χ0n) is 16.3. The van der Waals surface area contributed by atoms with Crippen LogP contribution in [0.5, 0.6) is 0 Å². The molecule has 1 amide bonds. The Morgan fingerprint density at radius 2 is 1.81 bits per heavy atom. The molecule has 0 aromatic carbocycles. The molecule has 4 bridgehead atoms. The molecule has 4 saturated carbocycles. The maximum Gasteiger partial charge on any atom is 0.271 e. The highest BCUT2D eigenvalue weighted by Gasteiger charge is 2.50. The normalized spacial score (nSPS) is 31.4. The molecule has 2 heterocycles. The van der Waals surface area contributed by atoms with Crippen LogP contribution in [-0.4, -0.2) is 32.0 Å². The Morgan fingerprint density at radius 3 is 2.41 bits per heavy atom. The lowest BCUT2D eigenvalue weighted by Gasteiger charge is -2.56. The van der Waals surface area contributed by atoms with Crippen LogP contribution in [0.25, 0.3) is 0 Å². The summed E-state index contributed by atoms with van der Waals surface area (Å²) in [5, 5.41) is 12.1. The number of nitrogens with one attached hydrogen (secondary N) is 1. The molecule has 2 aromatic rings. The lowest BCUT2D eigenvalue weighted by atomic mass is 9.49. The molecule has 0 spiro atoms. The lowest BCUT2D eigenvalue weighted by Crippen LogP contribution is -2.51. The van der Waals surface area contributed by atoms with Gasteiger partial charge in [0.25, 0.3) is 5.91 Å². The molecule has 4 fully saturated rings. The summed E-state index contributed by atoms with van der Waals surface area (Å²) < 4.78 is 3.68. The predicted molar refractivity (Wildman–Crippen MR) is 102 cm³/mol. The number of nitrogens with zero attached hydrogens (tertiary/aromatic N) is 4. The number of carbonyl (C=O) groups excluding carboxylic acids is 1. The van der Waals surface area contributed by atoms with Gasteiger partial charge in [0.15, 0.2) is 0 Å². The summed E-state index contributed by atoms with van der Waals surface area (Å²) in [7, 11) is 0. The number of carbonyl (C=O) groups is 1. The van der Waals surface area contributed by atoms with Gasteiger partial charge in [0.2, 0.25) is 0 Å². The van der Waals surface area contributed by atoms with E-state index in [9.17, 15) is 4.79 Å². The average molecular weight is 367 g/mol. The van der Waals surface area contributed by atoms with Crippen LogP contribution in [0, 0.1) is 37.0 Å². The van der Waals surface area contributed by atoms with E-state index in [1.165, 1.54) is 38.5 Å². The van der Waals surface area contributed by atoms with Crippen molar-refractivity contribution in [1.82, 2.24) is 24.9 Å². The molecule has 0 unspecified atom stereocenters. The van der Waals surface area contributed by atoms with Crippen LogP contribution >= 0.6 is 0 Å². The maximum absolute atomic E-state index is 12.7. The molecule has 6 nitrogen and oxygen atoms in total. The maximum atomic E-state index is 12.7. The van der Waals surface area contributed by atoms with E-state index < -0.39 is 0 Å². The van der Waals surface area contributed by atoms with Gasteiger partial charge in [-0.2, -0.15) is 10.2 Å². The number of hydrogen-bond donors (Lipinski definition) is 1. The topological polar surface area (TPSA) is 64.7 Å². The Bertz CT molecular complexity index is 829. The van der Waals surface area contributed by atoms with Gasteiger partial charge in [0.05, 0.1) is 5.69 Å². The SMILES string of the molecule is Cc1cc(C)n(Cn2ccc(C(=O)NCC34CC5CC(CC(C5)C3)C4)n2)n1. The third kappa shape index (κ3) is 3.19.